The van der Waals surface area contributed by atoms with Gasteiger partial charge in [-0.25, -0.2) is 19.9 Å². The van der Waals surface area contributed by atoms with Crippen molar-refractivity contribution < 1.29 is 0 Å². The van der Waals surface area contributed by atoms with Gasteiger partial charge in [0.05, 0.1) is 66.6 Å². The zero-order valence-corrected chi connectivity index (χ0v) is 63.7. The molecular weight excluding hydrogens is 1430 g/mol. The Labute approximate surface area is 676 Å². The molecule has 0 radical (unpaired) electrons. The Morgan fingerprint density at radius 1 is 0.178 bits per heavy atom. The highest BCUT2D eigenvalue weighted by Gasteiger charge is 2.28. The average molecular weight is 1500 g/mol. The summed E-state index contributed by atoms with van der Waals surface area (Å²) >= 11 is 0. The first kappa shape index (κ1) is 65.6. The molecule has 0 aliphatic heterocycles. The summed E-state index contributed by atoms with van der Waals surface area (Å²) in [6.45, 7) is 0. The number of aromatic nitrogens is 8. The molecule has 546 valence electrons. The van der Waals surface area contributed by atoms with E-state index in [1.54, 1.807) is 0 Å². The molecule has 0 saturated carbocycles. The molecule has 8 nitrogen and oxygen atoms in total. The molecule has 0 N–H and O–H groups in total. The van der Waals surface area contributed by atoms with Gasteiger partial charge in [0.1, 0.15) is 0 Å². The van der Waals surface area contributed by atoms with Gasteiger partial charge in [-0.1, -0.05) is 297 Å². The van der Waals surface area contributed by atoms with Crippen LogP contribution in [0.3, 0.4) is 0 Å². The number of benzene rings is 19. The van der Waals surface area contributed by atoms with Crippen LogP contribution in [0.5, 0.6) is 0 Å². The minimum Gasteiger partial charge on any atom is -0.309 e. The average Bonchev–Trinajstić information content (AvgIpc) is 1.54. The standard InChI is InChI=1S/C110H66N8/c1-2-23-67(24-3-1)70-49-55-81(56-50-70)116-99-60-54-76(63-91(99)88-59-53-77(66-101(88)116)103-83-32-11-8-29-74(83)64-92-87-35-16-21-43-98(87)117(107(92)103)109-111-94-39-17-12-36-89(94)105(113-109)78-47-45-68-25-4-6-27-72(68)61-78)84-38-22-44-100-104(84)93-65-75-30-9-10-31-82(75)102(71-51-57-80(58-52-71)115-96-41-19-14-33-85(96)86-34-15-20-42-97(86)115)108(93)118(100)110-112-95-40-18-13-37-90(95)106(114-110)79-48-46-69-26-5-7-28-73(69)62-79/h1-66H. The first-order valence-electron chi connectivity index (χ1n) is 40.3. The summed E-state index contributed by atoms with van der Waals surface area (Å²) in [4.78, 5) is 22.8. The molecule has 0 spiro atoms. The van der Waals surface area contributed by atoms with Gasteiger partial charge in [0.15, 0.2) is 0 Å². The zero-order valence-electron chi connectivity index (χ0n) is 63.7. The first-order chi connectivity index (χ1) is 58.5. The Bertz CT molecular complexity index is 8500. The molecule has 25 rings (SSSR count). The largest absolute Gasteiger partial charge is 0.309 e. The fourth-order valence-electron chi connectivity index (χ4n) is 19.4. The summed E-state index contributed by atoms with van der Waals surface area (Å²) < 4.78 is 9.59. The quantitative estimate of drug-likeness (QED) is 0.137. The summed E-state index contributed by atoms with van der Waals surface area (Å²) in [5.41, 5.74) is 25.1. The highest BCUT2D eigenvalue weighted by atomic mass is 15.2. The minimum absolute atomic E-state index is 0.587. The molecule has 0 atom stereocenters. The SMILES string of the molecule is c1ccc(-c2ccc(-n3c4ccc(-c5cccc6c5c5cc7ccccc7c(-c7ccc(-n8c9ccccc9c9ccccc98)cc7)c5n6-c5nc(-c6ccc7ccccc7c6)c6ccccc6n5)cc4c4ccc(-c5c6ccccc6cc6c7ccccc7n(-c7nc(-c8ccc9ccccc9c8)c8ccccc8n7)c56)cc43)cc2)cc1. The number of hydrogen-bond donors (Lipinski definition) is 0. The molecule has 0 aliphatic rings. The van der Waals surface area contributed by atoms with Gasteiger partial charge in [-0.15, -0.1) is 0 Å². The summed E-state index contributed by atoms with van der Waals surface area (Å²) in [7, 11) is 0. The van der Waals surface area contributed by atoms with Gasteiger partial charge >= 0.3 is 0 Å². The van der Waals surface area contributed by atoms with E-state index in [0.717, 1.165) is 192 Å². The number of hydrogen-bond acceptors (Lipinski definition) is 4. The summed E-state index contributed by atoms with van der Waals surface area (Å²) in [5, 5.41) is 20.3. The molecule has 0 unspecified atom stereocenters. The minimum atomic E-state index is 0.587. The van der Waals surface area contributed by atoms with Crippen LogP contribution >= 0.6 is 0 Å². The van der Waals surface area contributed by atoms with E-state index >= 15 is 0 Å². The Morgan fingerprint density at radius 3 is 1.17 bits per heavy atom. The Kier molecular flexibility index (Phi) is 14.4. The number of fused-ring (bicyclic) bond motifs is 18. The second-order valence-electron chi connectivity index (χ2n) is 31.2. The van der Waals surface area contributed by atoms with Crippen LogP contribution in [-0.2, 0) is 0 Å². The molecule has 6 aromatic heterocycles. The van der Waals surface area contributed by atoms with Crippen LogP contribution in [0.15, 0.2) is 400 Å². The predicted molar refractivity (Wildman–Crippen MR) is 493 cm³/mol. The van der Waals surface area contributed by atoms with Crippen molar-refractivity contribution in [2.24, 2.45) is 0 Å². The number of nitrogens with zero attached hydrogens (tertiary/aromatic N) is 8. The maximum Gasteiger partial charge on any atom is 0.235 e. The van der Waals surface area contributed by atoms with E-state index in [2.05, 4.69) is 419 Å². The monoisotopic (exact) mass is 1500 g/mol. The van der Waals surface area contributed by atoms with Crippen molar-refractivity contribution in [1.82, 2.24) is 38.2 Å². The van der Waals surface area contributed by atoms with Crippen LogP contribution in [0, 0.1) is 0 Å². The molecule has 118 heavy (non-hydrogen) atoms. The molecule has 0 aliphatic carbocycles. The predicted octanol–water partition coefficient (Wildman–Crippen LogP) is 28.6. The molecule has 0 saturated heterocycles. The van der Waals surface area contributed by atoms with Crippen LogP contribution in [0.25, 0.3) is 242 Å². The molecule has 0 amide bonds. The third kappa shape index (κ3) is 10.0. The van der Waals surface area contributed by atoms with Crippen molar-refractivity contribution in [2.75, 3.05) is 0 Å². The first-order valence-corrected chi connectivity index (χ1v) is 40.3. The lowest BCUT2D eigenvalue weighted by molar-refractivity contribution is 1.01. The van der Waals surface area contributed by atoms with Crippen molar-refractivity contribution in [3.63, 3.8) is 0 Å². The van der Waals surface area contributed by atoms with E-state index in [-0.39, 0.29) is 0 Å². The van der Waals surface area contributed by atoms with Crippen LogP contribution in [0.4, 0.5) is 0 Å². The second kappa shape index (κ2) is 25.8. The highest BCUT2D eigenvalue weighted by molar-refractivity contribution is 6.26. The molecule has 19 aromatic carbocycles. The van der Waals surface area contributed by atoms with E-state index in [9.17, 15) is 0 Å². The van der Waals surface area contributed by atoms with E-state index < -0.39 is 0 Å². The third-order valence-corrected chi connectivity index (χ3v) is 24.7. The molecule has 0 bridgehead atoms. The lowest BCUT2D eigenvalue weighted by Gasteiger charge is -2.16. The topological polar surface area (TPSA) is 71.3 Å². The molecule has 6 heterocycles. The van der Waals surface area contributed by atoms with Gasteiger partial charge in [0, 0.05) is 87.5 Å². The lowest BCUT2D eigenvalue weighted by atomic mass is 9.92. The summed E-state index contributed by atoms with van der Waals surface area (Å²) in [6.07, 6.45) is 0. The van der Waals surface area contributed by atoms with Crippen molar-refractivity contribution in [3.8, 4) is 90.3 Å². The molecular formula is C110H66N8. The third-order valence-electron chi connectivity index (χ3n) is 24.7. The van der Waals surface area contributed by atoms with Crippen molar-refractivity contribution in [3.05, 3.63) is 400 Å². The van der Waals surface area contributed by atoms with Gasteiger partial charge in [-0.3, -0.25) is 9.13 Å². The van der Waals surface area contributed by atoms with Crippen LogP contribution in [-0.4, -0.2) is 38.2 Å². The normalized spacial score (nSPS) is 12.1. The second-order valence-corrected chi connectivity index (χ2v) is 31.2. The van der Waals surface area contributed by atoms with Gasteiger partial charge < -0.3 is 9.13 Å². The maximum absolute atomic E-state index is 5.84. The van der Waals surface area contributed by atoms with E-state index in [4.69, 9.17) is 19.9 Å². The number of rotatable bonds is 10. The summed E-state index contributed by atoms with van der Waals surface area (Å²) in [6, 6.07) is 146. The highest BCUT2D eigenvalue weighted by Crippen LogP contribution is 2.50. The van der Waals surface area contributed by atoms with Crippen molar-refractivity contribution in [1.29, 1.82) is 0 Å². The van der Waals surface area contributed by atoms with E-state index in [1.807, 2.05) is 0 Å². The fourth-order valence-corrected chi connectivity index (χ4v) is 19.4. The Balaban J connectivity index is 0.737. The maximum atomic E-state index is 5.84. The van der Waals surface area contributed by atoms with Gasteiger partial charge in [0.2, 0.25) is 11.9 Å². The van der Waals surface area contributed by atoms with Crippen molar-refractivity contribution >= 4 is 152 Å². The molecule has 0 fully saturated rings. The van der Waals surface area contributed by atoms with E-state index in [1.165, 1.54) is 38.1 Å². The zero-order chi connectivity index (χ0) is 77.2. The van der Waals surface area contributed by atoms with Crippen LogP contribution in [0.2, 0.25) is 0 Å². The molecule has 25 aromatic rings. The van der Waals surface area contributed by atoms with Gasteiger partial charge in [-0.05, 0) is 180 Å². The van der Waals surface area contributed by atoms with Gasteiger partial charge in [0.25, 0.3) is 0 Å². The Hall–Kier alpha value is -15.9. The lowest BCUT2D eigenvalue weighted by Crippen LogP contribution is -2.04. The summed E-state index contributed by atoms with van der Waals surface area (Å²) in [5.74, 6) is 1.19. The smallest absolute Gasteiger partial charge is 0.235 e. The van der Waals surface area contributed by atoms with Crippen molar-refractivity contribution in [2.45, 2.75) is 0 Å². The Morgan fingerprint density at radius 2 is 0.576 bits per heavy atom. The van der Waals surface area contributed by atoms with Crippen LogP contribution < -0.4 is 0 Å². The van der Waals surface area contributed by atoms with Crippen LogP contribution in [0.1, 0.15) is 0 Å². The molecule has 8 heteroatoms. The number of para-hydroxylation sites is 5. The fraction of sp³-hybridized carbons (Fsp3) is 0. The van der Waals surface area contributed by atoms with Gasteiger partial charge in [-0.2, -0.15) is 0 Å². The van der Waals surface area contributed by atoms with E-state index in [0.29, 0.717) is 11.9 Å².